The fourth-order valence-corrected chi connectivity index (χ4v) is 2.16. The van der Waals surface area contributed by atoms with Crippen molar-refractivity contribution >= 4 is 11.0 Å². The van der Waals surface area contributed by atoms with Crippen LogP contribution in [0.15, 0.2) is 47.5 Å². The van der Waals surface area contributed by atoms with Gasteiger partial charge in [-0.1, -0.05) is 0 Å². The van der Waals surface area contributed by atoms with E-state index in [0.29, 0.717) is 29.9 Å². The molecule has 1 aromatic carbocycles. The molecule has 22 heavy (non-hydrogen) atoms. The number of hydrogen-bond acceptors (Lipinski definition) is 4. The second-order valence-corrected chi connectivity index (χ2v) is 4.81. The topological polar surface area (TPSA) is 57.0 Å². The molecule has 0 aliphatic rings. The molecule has 0 amide bonds. The van der Waals surface area contributed by atoms with Gasteiger partial charge >= 0.3 is 0 Å². The average Bonchev–Trinajstić information content (AvgIpc) is 2.55. The molecular formula is C16H14FN3O2. The normalized spacial score (nSPS) is 11.0. The minimum atomic E-state index is -0.312. The summed E-state index contributed by atoms with van der Waals surface area (Å²) in [6, 6.07) is 9.49. The van der Waals surface area contributed by atoms with Gasteiger partial charge in [0, 0.05) is 12.7 Å². The Hall–Kier alpha value is -2.60. The van der Waals surface area contributed by atoms with Crippen LogP contribution in [0, 0.1) is 5.82 Å². The summed E-state index contributed by atoms with van der Waals surface area (Å²) in [6.45, 7) is 0.839. The van der Waals surface area contributed by atoms with Crippen molar-refractivity contribution in [3.05, 3.63) is 58.9 Å². The predicted octanol–water partition coefficient (Wildman–Crippen LogP) is 2.24. The number of aromatic nitrogens is 3. The number of ether oxygens (including phenoxy) is 1. The maximum atomic E-state index is 13.0. The minimum Gasteiger partial charge on any atom is -0.383 e. The maximum absolute atomic E-state index is 13.0. The van der Waals surface area contributed by atoms with Crippen LogP contribution < -0.4 is 5.56 Å². The number of methoxy groups -OCH3 is 1. The molecule has 0 aliphatic carbocycles. The molecule has 112 valence electrons. The Morgan fingerprint density at radius 1 is 1.18 bits per heavy atom. The first kappa shape index (κ1) is 14.3. The molecule has 5 nitrogen and oxygen atoms in total. The Balaban J connectivity index is 2.09. The number of benzene rings is 1. The van der Waals surface area contributed by atoms with E-state index >= 15 is 0 Å². The highest BCUT2D eigenvalue weighted by molar-refractivity contribution is 5.76. The second-order valence-electron chi connectivity index (χ2n) is 4.81. The zero-order valence-corrected chi connectivity index (χ0v) is 12.0. The quantitative estimate of drug-likeness (QED) is 0.741. The third kappa shape index (κ3) is 2.73. The van der Waals surface area contributed by atoms with E-state index in [1.54, 1.807) is 31.4 Å². The van der Waals surface area contributed by atoms with Crippen molar-refractivity contribution in [2.45, 2.75) is 6.54 Å². The summed E-state index contributed by atoms with van der Waals surface area (Å²) in [4.78, 5) is 21.0. The summed E-state index contributed by atoms with van der Waals surface area (Å²) in [6.07, 6.45) is 1.49. The Morgan fingerprint density at radius 2 is 1.95 bits per heavy atom. The number of halogens is 1. The molecule has 0 fully saturated rings. The van der Waals surface area contributed by atoms with Crippen molar-refractivity contribution in [2.24, 2.45) is 0 Å². The predicted molar refractivity (Wildman–Crippen MR) is 81.1 cm³/mol. The molecule has 0 saturated heterocycles. The van der Waals surface area contributed by atoms with E-state index in [1.807, 2.05) is 0 Å². The summed E-state index contributed by atoms with van der Waals surface area (Å²) in [5, 5.41) is 0. The smallest absolute Gasteiger partial charge is 0.279 e. The molecule has 3 rings (SSSR count). The summed E-state index contributed by atoms with van der Waals surface area (Å²) >= 11 is 0. The summed E-state index contributed by atoms with van der Waals surface area (Å²) in [5.41, 5.74) is 1.96. The Labute approximate surface area is 126 Å². The molecule has 0 atom stereocenters. The van der Waals surface area contributed by atoms with Crippen LogP contribution in [0.5, 0.6) is 0 Å². The number of fused-ring (bicyclic) bond motifs is 1. The van der Waals surface area contributed by atoms with E-state index in [2.05, 4.69) is 9.97 Å². The first-order valence-electron chi connectivity index (χ1n) is 6.80. The van der Waals surface area contributed by atoms with Crippen LogP contribution >= 0.6 is 0 Å². The van der Waals surface area contributed by atoms with Crippen molar-refractivity contribution in [3.8, 4) is 11.3 Å². The third-order valence-electron chi connectivity index (χ3n) is 3.35. The van der Waals surface area contributed by atoms with Crippen LogP contribution in [0.3, 0.4) is 0 Å². The SMILES string of the molecule is COCCn1cnc2ccc(-c3ccc(F)cc3)nc2c1=O. The fraction of sp³-hybridized carbons (Fsp3) is 0.188. The first-order chi connectivity index (χ1) is 10.7. The molecule has 6 heteroatoms. The lowest BCUT2D eigenvalue weighted by Gasteiger charge is -2.07. The van der Waals surface area contributed by atoms with E-state index in [0.717, 1.165) is 5.56 Å². The average molecular weight is 299 g/mol. The monoisotopic (exact) mass is 299 g/mol. The maximum Gasteiger partial charge on any atom is 0.279 e. The van der Waals surface area contributed by atoms with Gasteiger partial charge in [0.15, 0.2) is 5.52 Å². The first-order valence-corrected chi connectivity index (χ1v) is 6.80. The van der Waals surface area contributed by atoms with Gasteiger partial charge in [-0.2, -0.15) is 0 Å². The molecule has 0 aliphatic heterocycles. The van der Waals surface area contributed by atoms with Gasteiger partial charge in [0.2, 0.25) is 0 Å². The summed E-state index contributed by atoms with van der Waals surface area (Å²) in [7, 11) is 1.57. The highest BCUT2D eigenvalue weighted by atomic mass is 19.1. The zero-order chi connectivity index (χ0) is 15.5. The van der Waals surface area contributed by atoms with Crippen molar-refractivity contribution in [3.63, 3.8) is 0 Å². The van der Waals surface area contributed by atoms with Gasteiger partial charge in [0.05, 0.1) is 30.7 Å². The van der Waals surface area contributed by atoms with E-state index in [4.69, 9.17) is 4.74 Å². The van der Waals surface area contributed by atoms with Gasteiger partial charge in [-0.25, -0.2) is 14.4 Å². The standard InChI is InChI=1S/C16H14FN3O2/c1-22-9-8-20-10-18-14-7-6-13(19-15(14)16(20)21)11-2-4-12(17)5-3-11/h2-7,10H,8-9H2,1H3. The second kappa shape index (κ2) is 6.03. The van der Waals surface area contributed by atoms with Crippen molar-refractivity contribution in [1.29, 1.82) is 0 Å². The van der Waals surface area contributed by atoms with Crippen LogP contribution in [-0.4, -0.2) is 28.3 Å². The van der Waals surface area contributed by atoms with Crippen LogP contribution in [-0.2, 0) is 11.3 Å². The molecule has 2 aromatic heterocycles. The number of pyridine rings is 1. The zero-order valence-electron chi connectivity index (χ0n) is 12.0. The lowest BCUT2D eigenvalue weighted by Crippen LogP contribution is -2.23. The molecule has 2 heterocycles. The number of nitrogens with zero attached hydrogens (tertiary/aromatic N) is 3. The molecule has 0 radical (unpaired) electrons. The largest absolute Gasteiger partial charge is 0.383 e. The number of hydrogen-bond donors (Lipinski definition) is 0. The molecule has 0 spiro atoms. The van der Waals surface area contributed by atoms with E-state index < -0.39 is 0 Å². The van der Waals surface area contributed by atoms with Crippen LogP contribution in [0.25, 0.3) is 22.3 Å². The lowest BCUT2D eigenvalue weighted by atomic mass is 10.1. The molecule has 0 N–H and O–H groups in total. The fourth-order valence-electron chi connectivity index (χ4n) is 2.16. The molecular weight excluding hydrogens is 285 g/mol. The third-order valence-corrected chi connectivity index (χ3v) is 3.35. The number of rotatable bonds is 4. The van der Waals surface area contributed by atoms with Crippen LogP contribution in [0.4, 0.5) is 4.39 Å². The highest BCUT2D eigenvalue weighted by Crippen LogP contribution is 2.19. The van der Waals surface area contributed by atoms with E-state index in [1.165, 1.54) is 23.0 Å². The van der Waals surface area contributed by atoms with Gasteiger partial charge in [0.25, 0.3) is 5.56 Å². The summed E-state index contributed by atoms with van der Waals surface area (Å²) in [5.74, 6) is -0.312. The Kier molecular flexibility index (Phi) is 3.93. The molecule has 3 aromatic rings. The summed E-state index contributed by atoms with van der Waals surface area (Å²) < 4.78 is 19.4. The van der Waals surface area contributed by atoms with Crippen LogP contribution in [0.2, 0.25) is 0 Å². The van der Waals surface area contributed by atoms with E-state index in [-0.39, 0.29) is 11.4 Å². The van der Waals surface area contributed by atoms with E-state index in [9.17, 15) is 9.18 Å². The van der Waals surface area contributed by atoms with Crippen LogP contribution in [0.1, 0.15) is 0 Å². The molecule has 0 unspecified atom stereocenters. The molecule has 0 bridgehead atoms. The van der Waals surface area contributed by atoms with Gasteiger partial charge in [-0.05, 0) is 36.4 Å². The van der Waals surface area contributed by atoms with Gasteiger partial charge in [-0.15, -0.1) is 0 Å². The van der Waals surface area contributed by atoms with Crippen molar-refractivity contribution < 1.29 is 9.13 Å². The van der Waals surface area contributed by atoms with Gasteiger partial charge in [0.1, 0.15) is 5.82 Å². The Bertz CT molecular complexity index is 859. The highest BCUT2D eigenvalue weighted by Gasteiger charge is 2.08. The van der Waals surface area contributed by atoms with Crippen molar-refractivity contribution in [2.75, 3.05) is 13.7 Å². The van der Waals surface area contributed by atoms with Gasteiger partial charge in [-0.3, -0.25) is 9.36 Å². The minimum absolute atomic E-state index is 0.217. The lowest BCUT2D eigenvalue weighted by molar-refractivity contribution is 0.186. The van der Waals surface area contributed by atoms with Gasteiger partial charge < -0.3 is 4.74 Å². The molecule has 0 saturated carbocycles. The Morgan fingerprint density at radius 3 is 2.68 bits per heavy atom. The van der Waals surface area contributed by atoms with Crippen molar-refractivity contribution in [1.82, 2.24) is 14.5 Å².